The van der Waals surface area contributed by atoms with Crippen LogP contribution in [0.2, 0.25) is 0 Å². The van der Waals surface area contributed by atoms with Crippen molar-refractivity contribution in [3.63, 3.8) is 0 Å². The number of nitrogens with zero attached hydrogens (tertiary/aromatic N) is 1. The molecule has 0 fully saturated rings. The Morgan fingerprint density at radius 1 is 1.60 bits per heavy atom. The average Bonchev–Trinajstić information content (AvgIpc) is 2.26. The minimum atomic E-state index is -0.318. The van der Waals surface area contributed by atoms with Crippen molar-refractivity contribution in [2.75, 3.05) is 0 Å². The van der Waals surface area contributed by atoms with E-state index in [1.807, 2.05) is 19.9 Å². The summed E-state index contributed by atoms with van der Waals surface area (Å²) in [6.45, 7) is 7.37. The maximum atomic E-state index is 11.0. The van der Waals surface area contributed by atoms with Gasteiger partial charge in [-0.2, -0.15) is 0 Å². The van der Waals surface area contributed by atoms with E-state index in [0.717, 1.165) is 11.5 Å². The molecule has 0 unspecified atom stereocenters. The fourth-order valence-electron chi connectivity index (χ4n) is 1.52. The van der Waals surface area contributed by atoms with Crippen LogP contribution in [0.3, 0.4) is 0 Å². The normalized spacial score (nSPS) is 10.3. The summed E-state index contributed by atoms with van der Waals surface area (Å²) in [5, 5.41) is 11.0. The Kier molecular flexibility index (Phi) is 3.61. The third-order valence-corrected chi connectivity index (χ3v) is 2.41. The highest BCUT2D eigenvalue weighted by molar-refractivity contribution is 5.55. The predicted molar refractivity (Wildman–Crippen MR) is 60.7 cm³/mol. The lowest BCUT2D eigenvalue weighted by molar-refractivity contribution is -0.386. The lowest BCUT2D eigenvalue weighted by atomic mass is 9.96. The standard InChI is InChI=1S/C12H14NO2/c1-4-9(3)11-8-6-7-10(5-2)12(11)13(14)15/h4,6-8H,1,5H2,2-3H3. The SMILES string of the molecule is C=C[C](C)c1cccc(CC)c1[N+](=O)[O-]. The van der Waals surface area contributed by atoms with Crippen molar-refractivity contribution >= 4 is 5.69 Å². The smallest absolute Gasteiger partial charge is 0.258 e. The summed E-state index contributed by atoms with van der Waals surface area (Å²) in [5.74, 6) is 0.831. The Morgan fingerprint density at radius 3 is 2.73 bits per heavy atom. The minimum absolute atomic E-state index is 0.206. The summed E-state index contributed by atoms with van der Waals surface area (Å²) in [5.41, 5.74) is 1.63. The van der Waals surface area contributed by atoms with Crippen molar-refractivity contribution in [2.24, 2.45) is 0 Å². The van der Waals surface area contributed by atoms with E-state index in [4.69, 9.17) is 0 Å². The fraction of sp³-hybridized carbons (Fsp3) is 0.250. The summed E-state index contributed by atoms with van der Waals surface area (Å²) in [7, 11) is 0. The Bertz CT molecular complexity index is 385. The predicted octanol–water partition coefficient (Wildman–Crippen LogP) is 3.29. The van der Waals surface area contributed by atoms with Gasteiger partial charge in [0.05, 0.1) is 4.92 Å². The Balaban J connectivity index is 3.37. The van der Waals surface area contributed by atoms with Crippen LogP contribution >= 0.6 is 0 Å². The van der Waals surface area contributed by atoms with Gasteiger partial charge in [0.1, 0.15) is 0 Å². The summed E-state index contributed by atoms with van der Waals surface area (Å²) in [6, 6.07) is 5.39. The molecule has 0 aromatic heterocycles. The maximum absolute atomic E-state index is 11.0. The molecule has 0 atom stereocenters. The summed E-state index contributed by atoms with van der Waals surface area (Å²) >= 11 is 0. The highest BCUT2D eigenvalue weighted by Crippen LogP contribution is 2.30. The van der Waals surface area contributed by atoms with Crippen molar-refractivity contribution in [3.8, 4) is 0 Å². The maximum Gasteiger partial charge on any atom is 0.276 e. The molecule has 0 heterocycles. The van der Waals surface area contributed by atoms with E-state index in [2.05, 4.69) is 6.58 Å². The molecule has 1 aromatic carbocycles. The van der Waals surface area contributed by atoms with Gasteiger partial charge < -0.3 is 0 Å². The van der Waals surface area contributed by atoms with E-state index in [1.165, 1.54) is 0 Å². The third-order valence-electron chi connectivity index (χ3n) is 2.41. The second-order valence-electron chi connectivity index (χ2n) is 3.31. The molecule has 0 spiro atoms. The van der Waals surface area contributed by atoms with Gasteiger partial charge in [0.25, 0.3) is 5.69 Å². The number of hydrogen-bond donors (Lipinski definition) is 0. The first-order valence-corrected chi connectivity index (χ1v) is 4.84. The number of nitro benzene ring substituents is 1. The number of benzene rings is 1. The van der Waals surface area contributed by atoms with Gasteiger partial charge in [0, 0.05) is 17.0 Å². The van der Waals surface area contributed by atoms with E-state index in [9.17, 15) is 10.1 Å². The van der Waals surface area contributed by atoms with Crippen LogP contribution in [0.5, 0.6) is 0 Å². The van der Waals surface area contributed by atoms with Crippen LogP contribution in [0.4, 0.5) is 5.69 Å². The van der Waals surface area contributed by atoms with Crippen LogP contribution in [-0.2, 0) is 6.42 Å². The molecule has 0 saturated heterocycles. The van der Waals surface area contributed by atoms with Gasteiger partial charge in [-0.25, -0.2) is 0 Å². The molecular formula is C12H14NO2. The quantitative estimate of drug-likeness (QED) is 0.558. The largest absolute Gasteiger partial charge is 0.276 e. The Labute approximate surface area is 89.6 Å². The molecule has 0 saturated carbocycles. The summed E-state index contributed by atoms with van der Waals surface area (Å²) in [6.07, 6.45) is 2.30. The molecule has 0 amide bonds. The van der Waals surface area contributed by atoms with E-state index in [1.54, 1.807) is 18.2 Å². The molecule has 3 nitrogen and oxygen atoms in total. The zero-order valence-electron chi connectivity index (χ0n) is 8.99. The lowest BCUT2D eigenvalue weighted by Crippen LogP contribution is -2.02. The van der Waals surface area contributed by atoms with Crippen molar-refractivity contribution in [3.05, 3.63) is 58.0 Å². The molecule has 3 heteroatoms. The van der Waals surface area contributed by atoms with Crippen LogP contribution in [0.15, 0.2) is 30.9 Å². The van der Waals surface area contributed by atoms with E-state index >= 15 is 0 Å². The number of allylic oxidation sites excluding steroid dienone is 1. The number of rotatable bonds is 4. The molecular weight excluding hydrogens is 190 g/mol. The van der Waals surface area contributed by atoms with Crippen LogP contribution in [-0.4, -0.2) is 4.92 Å². The van der Waals surface area contributed by atoms with E-state index < -0.39 is 0 Å². The Hall–Kier alpha value is -1.64. The first-order chi connectivity index (χ1) is 7.11. The molecule has 1 radical (unpaired) electrons. The van der Waals surface area contributed by atoms with Gasteiger partial charge in [-0.15, -0.1) is 6.58 Å². The molecule has 0 aliphatic heterocycles. The van der Waals surface area contributed by atoms with Crippen molar-refractivity contribution in [2.45, 2.75) is 20.3 Å². The average molecular weight is 204 g/mol. The van der Waals surface area contributed by atoms with Crippen LogP contribution in [0.1, 0.15) is 25.0 Å². The highest BCUT2D eigenvalue weighted by atomic mass is 16.6. The second kappa shape index (κ2) is 4.73. The minimum Gasteiger partial charge on any atom is -0.258 e. The molecule has 1 aromatic rings. The van der Waals surface area contributed by atoms with Crippen molar-refractivity contribution in [1.29, 1.82) is 0 Å². The van der Waals surface area contributed by atoms with Crippen molar-refractivity contribution < 1.29 is 4.92 Å². The molecule has 0 aliphatic carbocycles. The second-order valence-corrected chi connectivity index (χ2v) is 3.31. The number of nitro groups is 1. The summed E-state index contributed by atoms with van der Waals surface area (Å²) < 4.78 is 0. The number of para-hydroxylation sites is 1. The fourth-order valence-corrected chi connectivity index (χ4v) is 1.52. The van der Waals surface area contributed by atoms with Crippen LogP contribution < -0.4 is 0 Å². The van der Waals surface area contributed by atoms with Crippen molar-refractivity contribution in [1.82, 2.24) is 0 Å². The zero-order chi connectivity index (χ0) is 11.4. The topological polar surface area (TPSA) is 43.1 Å². The number of aryl methyl sites for hydroxylation is 1. The van der Waals surface area contributed by atoms with Gasteiger partial charge in [0.15, 0.2) is 0 Å². The monoisotopic (exact) mass is 204 g/mol. The van der Waals surface area contributed by atoms with Gasteiger partial charge >= 0.3 is 0 Å². The van der Waals surface area contributed by atoms with Crippen LogP contribution in [0, 0.1) is 16.0 Å². The zero-order valence-corrected chi connectivity index (χ0v) is 8.99. The Morgan fingerprint density at radius 2 is 2.27 bits per heavy atom. The van der Waals surface area contributed by atoms with Gasteiger partial charge in [-0.05, 0) is 6.42 Å². The molecule has 15 heavy (non-hydrogen) atoms. The first kappa shape index (κ1) is 11.4. The molecule has 1 rings (SSSR count). The number of hydrogen-bond acceptors (Lipinski definition) is 2. The van der Waals surface area contributed by atoms with Gasteiger partial charge in [-0.1, -0.05) is 38.1 Å². The molecule has 0 bridgehead atoms. The van der Waals surface area contributed by atoms with E-state index in [-0.39, 0.29) is 10.6 Å². The third kappa shape index (κ3) is 2.24. The molecule has 0 aliphatic rings. The first-order valence-electron chi connectivity index (χ1n) is 4.84. The van der Waals surface area contributed by atoms with Gasteiger partial charge in [0.2, 0.25) is 0 Å². The van der Waals surface area contributed by atoms with Gasteiger partial charge in [-0.3, -0.25) is 10.1 Å². The van der Waals surface area contributed by atoms with E-state index in [0.29, 0.717) is 12.0 Å². The highest BCUT2D eigenvalue weighted by Gasteiger charge is 2.20. The lowest BCUT2D eigenvalue weighted by Gasteiger charge is -2.09. The van der Waals surface area contributed by atoms with Crippen LogP contribution in [0.25, 0.3) is 0 Å². The molecule has 0 N–H and O–H groups in total. The molecule has 79 valence electrons. The summed E-state index contributed by atoms with van der Waals surface area (Å²) in [4.78, 5) is 10.7.